The molecule has 342 valence electrons. The van der Waals surface area contributed by atoms with E-state index in [-0.39, 0.29) is 74.8 Å². The second kappa shape index (κ2) is 20.4. The number of aromatic nitrogens is 2. The number of esters is 1. The van der Waals surface area contributed by atoms with Gasteiger partial charge in [-0.2, -0.15) is 0 Å². The van der Waals surface area contributed by atoms with Gasteiger partial charge >= 0.3 is 5.97 Å². The number of pyridine rings is 1. The lowest BCUT2D eigenvalue weighted by molar-refractivity contribution is -0.188. The van der Waals surface area contributed by atoms with Crippen molar-refractivity contribution in [2.45, 2.75) is 142 Å². The monoisotopic (exact) mass is 868 g/mol. The maximum absolute atomic E-state index is 14.6. The lowest BCUT2D eigenvalue weighted by atomic mass is 9.68. The van der Waals surface area contributed by atoms with Crippen LogP contribution in [0.4, 0.5) is 0 Å². The van der Waals surface area contributed by atoms with Gasteiger partial charge in [0, 0.05) is 37.1 Å². The summed E-state index contributed by atoms with van der Waals surface area (Å²) in [6, 6.07) is 6.12. The number of primary amides is 1. The number of hydrogen-bond acceptors (Lipinski definition) is 16. The zero-order valence-corrected chi connectivity index (χ0v) is 37.5. The molecule has 1 unspecified atom stereocenters. The maximum Gasteiger partial charge on any atom is 0.316 e. The summed E-state index contributed by atoms with van der Waals surface area (Å²) in [7, 11) is 3.80. The first-order valence-electron chi connectivity index (χ1n) is 21.4. The van der Waals surface area contributed by atoms with Crippen LogP contribution in [-0.4, -0.2) is 135 Å². The first-order valence-corrected chi connectivity index (χ1v) is 21.4. The molecule has 3 aliphatic heterocycles. The number of aliphatic hydroxyl groups is 2. The molecule has 3 aliphatic rings. The molecule has 62 heavy (non-hydrogen) atoms. The molecule has 2 bridgehead atoms. The Morgan fingerprint density at radius 1 is 1.10 bits per heavy atom. The number of likely N-dealkylation sites (N-methyl/N-ethyl adjacent to an activating group) is 1. The lowest BCUT2D eigenvalue weighted by Crippen LogP contribution is -2.56. The Bertz CT molecular complexity index is 1980. The van der Waals surface area contributed by atoms with E-state index in [9.17, 15) is 29.4 Å². The molecule has 5 heterocycles. The lowest BCUT2D eigenvalue weighted by Gasteiger charge is -2.47. The van der Waals surface area contributed by atoms with Crippen LogP contribution in [0.15, 0.2) is 38.9 Å². The van der Waals surface area contributed by atoms with Gasteiger partial charge in [-0.25, -0.2) is 9.98 Å². The van der Waals surface area contributed by atoms with Gasteiger partial charge in [-0.05, 0) is 91.4 Å². The van der Waals surface area contributed by atoms with Crippen molar-refractivity contribution in [1.82, 2.24) is 15.0 Å². The quantitative estimate of drug-likeness (QED) is 0.185. The smallest absolute Gasteiger partial charge is 0.316 e. The number of ketones is 1. The molecule has 0 aliphatic carbocycles. The number of hydrogen-bond donors (Lipinski definition) is 3. The fraction of sp³-hybridized carbons (Fsp3) is 0.682. The van der Waals surface area contributed by atoms with Crippen LogP contribution in [0.5, 0.6) is 0 Å². The Balaban J connectivity index is 1.60. The van der Waals surface area contributed by atoms with E-state index in [1.807, 2.05) is 39.8 Å². The molecule has 12 atom stereocenters. The summed E-state index contributed by atoms with van der Waals surface area (Å²) >= 11 is 0. The molecule has 0 saturated carbocycles. The number of fused-ring (bicyclic) bond motifs is 5. The summed E-state index contributed by atoms with van der Waals surface area (Å²) in [6.45, 7) is 13.0. The molecule has 2 aromatic rings. The Morgan fingerprint density at radius 2 is 1.82 bits per heavy atom. The van der Waals surface area contributed by atoms with Crippen molar-refractivity contribution in [2.75, 3.05) is 27.3 Å². The highest BCUT2D eigenvalue weighted by Gasteiger charge is 2.51. The second-order valence-electron chi connectivity index (χ2n) is 17.8. The number of carbonyl (C=O) groups excluding carboxylic acids is 4. The number of nitrogens with two attached hydrogens (primary N) is 1. The molecule has 2 aromatic heterocycles. The molecule has 3 fully saturated rings. The number of aliphatic hydroxyl groups excluding tert-OH is 1. The minimum Gasteiger partial charge on any atom is -0.459 e. The molecule has 5 rings (SSSR count). The number of amides is 2. The van der Waals surface area contributed by atoms with Crippen LogP contribution in [-0.2, 0) is 44.8 Å². The molecule has 2 amide bonds. The van der Waals surface area contributed by atoms with Crippen LogP contribution in [0.2, 0.25) is 0 Å². The number of nitrogens with zero attached hydrogens (tertiary/aromatic N) is 5. The molecule has 18 heteroatoms. The van der Waals surface area contributed by atoms with Crippen molar-refractivity contribution in [2.24, 2.45) is 39.6 Å². The summed E-state index contributed by atoms with van der Waals surface area (Å²) in [5, 5.41) is 32.5. The van der Waals surface area contributed by atoms with Crippen molar-refractivity contribution < 1.29 is 57.7 Å². The van der Waals surface area contributed by atoms with E-state index in [1.54, 1.807) is 32.0 Å². The SMILES string of the molecule is CC[C@H]1OC(=O)[C@H](C)C(=O)[C@H](C)[C@@H](C[C@@H]2O[C@H](C)C[C@H](N(C)C)[C@H]2O)[C@@]2(C)C[C@@H](C)C(=NC(C)=O)CC(OC/C(=N\OCc3cc(-c4cccc(C(N)=O)n4)no3)CO2)[C@]1(C)O. The molecule has 4 N–H and O–H groups in total. The average molecular weight is 869 g/mol. The molecule has 0 aromatic carbocycles. The van der Waals surface area contributed by atoms with Crippen LogP contribution in [0, 0.1) is 23.7 Å². The van der Waals surface area contributed by atoms with Crippen molar-refractivity contribution in [3.63, 3.8) is 0 Å². The summed E-state index contributed by atoms with van der Waals surface area (Å²) in [5.74, 6) is -5.27. The molecular weight excluding hydrogens is 805 g/mol. The van der Waals surface area contributed by atoms with Gasteiger partial charge in [-0.1, -0.05) is 37.1 Å². The number of Topliss-reactive ketones (excluding diaryl/α,β-unsaturated/α-hetero) is 1. The van der Waals surface area contributed by atoms with Crippen LogP contribution in [0.25, 0.3) is 11.4 Å². The number of rotatable bonds is 9. The van der Waals surface area contributed by atoms with Gasteiger partial charge in [0.15, 0.2) is 12.4 Å². The second-order valence-corrected chi connectivity index (χ2v) is 17.8. The first kappa shape index (κ1) is 48.6. The third-order valence-corrected chi connectivity index (χ3v) is 12.7. The Hall–Kier alpha value is -4.46. The summed E-state index contributed by atoms with van der Waals surface area (Å²) in [5.41, 5.74) is 3.77. The van der Waals surface area contributed by atoms with E-state index in [0.29, 0.717) is 23.5 Å². The van der Waals surface area contributed by atoms with Gasteiger partial charge in [-0.15, -0.1) is 0 Å². The van der Waals surface area contributed by atoms with Gasteiger partial charge in [0.25, 0.3) is 5.91 Å². The minimum absolute atomic E-state index is 0.0287. The van der Waals surface area contributed by atoms with Gasteiger partial charge < -0.3 is 49.2 Å². The Morgan fingerprint density at radius 3 is 2.48 bits per heavy atom. The number of carbonyl (C=O) groups is 4. The zero-order chi connectivity index (χ0) is 45.7. The van der Waals surface area contributed by atoms with Gasteiger partial charge in [0.2, 0.25) is 5.91 Å². The normalized spacial score (nSPS) is 35.5. The third-order valence-electron chi connectivity index (χ3n) is 12.7. The number of oxime groups is 1. The molecule has 0 radical (unpaired) electrons. The molecule has 18 nitrogen and oxygen atoms in total. The number of aliphatic imine (C=N–C) groups is 1. The van der Waals surface area contributed by atoms with Crippen LogP contribution >= 0.6 is 0 Å². The topological polar surface area (TPSA) is 248 Å². The van der Waals surface area contributed by atoms with Crippen molar-refractivity contribution >= 4 is 35.0 Å². The largest absolute Gasteiger partial charge is 0.459 e. The van der Waals surface area contributed by atoms with E-state index in [4.69, 9.17) is 34.0 Å². The van der Waals surface area contributed by atoms with E-state index in [2.05, 4.69) is 20.3 Å². The highest BCUT2D eigenvalue weighted by molar-refractivity contribution is 6.00. The molecular formula is C44H64N6O12. The maximum atomic E-state index is 14.6. The standard InChI is InChI=1S/C44H64N6O12/c1-11-37-44(8,56)38-18-33(46-27(6)51)23(2)19-43(7,30(25(4)39(52)26(5)42(55)61-37)17-36-40(53)35(50(9)10)15-24(3)60-36)58-21-28(20-57-38)48-59-22-29-16-34(49-62-29)31-13-12-14-32(47-31)41(45)54/h12-14,16,23-26,30,35-38,40,53,56H,11,15,17-22H2,1-10H3,(H2,45,54)/b46-33?,48-28+/t23-,24-,25-,26-,30-,35+,36+,37-,38?,40-,43-,44-/m1/s1. The highest BCUT2D eigenvalue weighted by atomic mass is 16.6. The summed E-state index contributed by atoms with van der Waals surface area (Å²) in [6.07, 6.45) is -2.93. The minimum atomic E-state index is -1.85. The van der Waals surface area contributed by atoms with Gasteiger partial charge in [0.1, 0.15) is 40.5 Å². The Labute approximate surface area is 362 Å². The number of cyclic esters (lactones) is 1. The fourth-order valence-electron chi connectivity index (χ4n) is 9.05. The van der Waals surface area contributed by atoms with Crippen LogP contribution < -0.4 is 5.73 Å². The zero-order valence-electron chi connectivity index (χ0n) is 37.5. The van der Waals surface area contributed by atoms with Crippen molar-refractivity contribution in [3.8, 4) is 11.4 Å². The molecule has 3 saturated heterocycles. The first-order chi connectivity index (χ1) is 29.1. The van der Waals surface area contributed by atoms with Crippen LogP contribution in [0.3, 0.4) is 0 Å². The van der Waals surface area contributed by atoms with Gasteiger partial charge in [0.05, 0.1) is 48.9 Å². The summed E-state index contributed by atoms with van der Waals surface area (Å²) in [4.78, 5) is 69.3. The highest BCUT2D eigenvalue weighted by Crippen LogP contribution is 2.43. The summed E-state index contributed by atoms with van der Waals surface area (Å²) < 4.78 is 31.3. The van der Waals surface area contributed by atoms with E-state index in [0.717, 1.165) is 0 Å². The van der Waals surface area contributed by atoms with Crippen molar-refractivity contribution in [1.29, 1.82) is 0 Å². The van der Waals surface area contributed by atoms with Crippen LogP contribution in [0.1, 0.15) is 104 Å². The number of ether oxygens (including phenoxy) is 4. The third kappa shape index (κ3) is 11.4. The fourth-order valence-corrected chi connectivity index (χ4v) is 9.05. The molecule has 0 spiro atoms. The van der Waals surface area contributed by atoms with E-state index >= 15 is 0 Å². The predicted molar refractivity (Wildman–Crippen MR) is 226 cm³/mol. The van der Waals surface area contributed by atoms with Gasteiger partial charge in [-0.3, -0.25) is 19.2 Å². The predicted octanol–water partition coefficient (Wildman–Crippen LogP) is 3.69. The average Bonchev–Trinajstić information content (AvgIpc) is 3.69. The Kier molecular flexibility index (Phi) is 16.0. The van der Waals surface area contributed by atoms with Crippen molar-refractivity contribution in [3.05, 3.63) is 35.7 Å². The van der Waals surface area contributed by atoms with E-state index < -0.39 is 82.9 Å². The van der Waals surface area contributed by atoms with E-state index in [1.165, 1.54) is 26.8 Å².